The number of rotatable bonds is 8. The third-order valence-electron chi connectivity index (χ3n) is 3.61. The summed E-state index contributed by atoms with van der Waals surface area (Å²) in [4.78, 5) is 23.7. The van der Waals surface area contributed by atoms with Gasteiger partial charge in [-0.25, -0.2) is 4.79 Å². The van der Waals surface area contributed by atoms with Crippen molar-refractivity contribution in [1.29, 1.82) is 0 Å². The number of thiocarbonyl (C=S) groups is 1. The lowest BCUT2D eigenvalue weighted by atomic mass is 10.1. The summed E-state index contributed by atoms with van der Waals surface area (Å²) < 4.78 is 15.4. The molecule has 28 heavy (non-hydrogen) atoms. The molecule has 0 aliphatic carbocycles. The maximum absolute atomic E-state index is 12.2. The van der Waals surface area contributed by atoms with Crippen molar-refractivity contribution in [2.24, 2.45) is 0 Å². The molecule has 2 aromatic carbocycles. The van der Waals surface area contributed by atoms with E-state index in [0.717, 1.165) is 0 Å². The molecule has 0 saturated heterocycles. The van der Waals surface area contributed by atoms with Crippen molar-refractivity contribution in [3.8, 4) is 5.75 Å². The molecule has 0 aliphatic heterocycles. The molecule has 2 aromatic rings. The van der Waals surface area contributed by atoms with Crippen LogP contribution in [0.1, 0.15) is 27.6 Å². The smallest absolute Gasteiger partial charge is 0.337 e. The number of amides is 1. The Morgan fingerprint density at radius 3 is 2.21 bits per heavy atom. The average molecular weight is 402 g/mol. The molecule has 1 amide bonds. The van der Waals surface area contributed by atoms with Crippen molar-refractivity contribution in [3.05, 3.63) is 59.7 Å². The molecule has 8 heteroatoms. The van der Waals surface area contributed by atoms with Crippen LogP contribution in [-0.2, 0) is 9.47 Å². The molecule has 0 unspecified atom stereocenters. The number of anilines is 1. The maximum atomic E-state index is 12.2. The lowest BCUT2D eigenvalue weighted by molar-refractivity contribution is 0.0600. The Bertz CT molecular complexity index is 806. The van der Waals surface area contributed by atoms with E-state index >= 15 is 0 Å². The molecule has 0 atom stereocenters. The van der Waals surface area contributed by atoms with Crippen molar-refractivity contribution in [2.75, 3.05) is 32.2 Å². The summed E-state index contributed by atoms with van der Waals surface area (Å²) >= 11 is 5.17. The van der Waals surface area contributed by atoms with E-state index < -0.39 is 5.97 Å². The third kappa shape index (κ3) is 6.64. The predicted molar refractivity (Wildman–Crippen MR) is 110 cm³/mol. The second-order valence-corrected chi connectivity index (χ2v) is 5.96. The highest BCUT2D eigenvalue weighted by Gasteiger charge is 2.10. The summed E-state index contributed by atoms with van der Waals surface area (Å²) in [5.74, 6) is -0.134. The Morgan fingerprint density at radius 1 is 0.964 bits per heavy atom. The number of methoxy groups -OCH3 is 1. The summed E-state index contributed by atoms with van der Waals surface area (Å²) in [5.41, 5.74) is 1.45. The molecular formula is C20H22N2O5S. The number of hydrogen-bond donors (Lipinski definition) is 2. The van der Waals surface area contributed by atoms with E-state index in [2.05, 4.69) is 15.4 Å². The normalized spacial score (nSPS) is 10.1. The van der Waals surface area contributed by atoms with Crippen LogP contribution in [0.25, 0.3) is 0 Å². The molecule has 0 spiro atoms. The molecule has 2 rings (SSSR count). The fraction of sp³-hybridized carbons (Fsp3) is 0.250. The topological polar surface area (TPSA) is 85.9 Å². The second kappa shape index (κ2) is 11.0. The van der Waals surface area contributed by atoms with Crippen LogP contribution < -0.4 is 15.4 Å². The van der Waals surface area contributed by atoms with Crippen LogP contribution in [-0.4, -0.2) is 43.9 Å². The SMILES string of the molecule is CCOCCOc1ccc(NC(=S)NC(=O)c2ccc(C(=O)OC)cc2)cc1. The Labute approximate surface area is 169 Å². The fourth-order valence-electron chi connectivity index (χ4n) is 2.21. The standard InChI is InChI=1S/C20H22N2O5S/c1-3-26-12-13-27-17-10-8-16(9-11-17)21-20(28)22-18(23)14-4-6-15(7-5-14)19(24)25-2/h4-11H,3,12-13H2,1-2H3,(H2,21,22,23,28). The summed E-state index contributed by atoms with van der Waals surface area (Å²) in [7, 11) is 1.30. The largest absolute Gasteiger partial charge is 0.491 e. The minimum atomic E-state index is -0.463. The molecule has 0 fully saturated rings. The van der Waals surface area contributed by atoms with Crippen LogP contribution >= 0.6 is 12.2 Å². The van der Waals surface area contributed by atoms with Crippen molar-refractivity contribution >= 4 is 34.9 Å². The van der Waals surface area contributed by atoms with Gasteiger partial charge in [-0.1, -0.05) is 0 Å². The van der Waals surface area contributed by atoms with E-state index in [9.17, 15) is 9.59 Å². The Hall–Kier alpha value is -2.97. The van der Waals surface area contributed by atoms with Gasteiger partial charge in [0.05, 0.1) is 19.3 Å². The summed E-state index contributed by atoms with van der Waals surface area (Å²) in [6.07, 6.45) is 0. The molecule has 0 bridgehead atoms. The van der Waals surface area contributed by atoms with Gasteiger partial charge in [-0.3, -0.25) is 10.1 Å². The number of carbonyl (C=O) groups excluding carboxylic acids is 2. The van der Waals surface area contributed by atoms with Crippen molar-refractivity contribution in [2.45, 2.75) is 6.92 Å². The van der Waals surface area contributed by atoms with Gasteiger partial charge in [-0.2, -0.15) is 0 Å². The van der Waals surface area contributed by atoms with Gasteiger partial charge in [-0.05, 0) is 67.7 Å². The molecule has 2 N–H and O–H groups in total. The van der Waals surface area contributed by atoms with Crippen molar-refractivity contribution in [3.63, 3.8) is 0 Å². The summed E-state index contributed by atoms with van der Waals surface area (Å²) in [6, 6.07) is 13.3. The zero-order chi connectivity index (χ0) is 20.4. The van der Waals surface area contributed by atoms with Gasteiger partial charge in [0.1, 0.15) is 12.4 Å². The highest BCUT2D eigenvalue weighted by atomic mass is 32.1. The molecule has 7 nitrogen and oxygen atoms in total. The maximum Gasteiger partial charge on any atom is 0.337 e. The van der Waals surface area contributed by atoms with E-state index in [0.29, 0.717) is 42.4 Å². The molecule has 0 radical (unpaired) electrons. The van der Waals surface area contributed by atoms with Crippen LogP contribution in [0.15, 0.2) is 48.5 Å². The number of ether oxygens (including phenoxy) is 3. The first-order valence-corrected chi connectivity index (χ1v) is 9.05. The molecule has 0 aromatic heterocycles. The van der Waals surface area contributed by atoms with Gasteiger partial charge in [0.15, 0.2) is 5.11 Å². The van der Waals surface area contributed by atoms with E-state index in [-0.39, 0.29) is 11.0 Å². The second-order valence-electron chi connectivity index (χ2n) is 5.55. The molecule has 148 valence electrons. The number of hydrogen-bond acceptors (Lipinski definition) is 6. The van der Waals surface area contributed by atoms with Crippen molar-refractivity contribution in [1.82, 2.24) is 5.32 Å². The minimum Gasteiger partial charge on any atom is -0.491 e. The van der Waals surface area contributed by atoms with E-state index in [4.69, 9.17) is 21.7 Å². The third-order valence-corrected chi connectivity index (χ3v) is 3.81. The van der Waals surface area contributed by atoms with Gasteiger partial charge in [-0.15, -0.1) is 0 Å². The number of carbonyl (C=O) groups is 2. The van der Waals surface area contributed by atoms with Gasteiger partial charge in [0, 0.05) is 17.9 Å². The Morgan fingerprint density at radius 2 is 1.61 bits per heavy atom. The first kappa shape index (κ1) is 21.3. The molecule has 0 heterocycles. The van der Waals surface area contributed by atoms with Gasteiger partial charge >= 0.3 is 5.97 Å². The first-order chi connectivity index (χ1) is 13.5. The quantitative estimate of drug-likeness (QED) is 0.399. The Balaban J connectivity index is 1.84. The molecular weight excluding hydrogens is 380 g/mol. The lowest BCUT2D eigenvalue weighted by Gasteiger charge is -2.11. The zero-order valence-electron chi connectivity index (χ0n) is 15.7. The highest BCUT2D eigenvalue weighted by Crippen LogP contribution is 2.15. The van der Waals surface area contributed by atoms with Crippen molar-refractivity contribution < 1.29 is 23.8 Å². The van der Waals surface area contributed by atoms with Gasteiger partial charge in [0.2, 0.25) is 0 Å². The van der Waals surface area contributed by atoms with E-state index in [1.165, 1.54) is 31.4 Å². The average Bonchev–Trinajstić information content (AvgIpc) is 2.71. The highest BCUT2D eigenvalue weighted by molar-refractivity contribution is 7.80. The predicted octanol–water partition coefficient (Wildman–Crippen LogP) is 3.02. The van der Waals surface area contributed by atoms with Crippen LogP contribution in [0.3, 0.4) is 0 Å². The zero-order valence-corrected chi connectivity index (χ0v) is 16.5. The summed E-state index contributed by atoms with van der Waals surface area (Å²) in [6.45, 7) is 3.60. The number of nitrogens with one attached hydrogen (secondary N) is 2. The Kier molecular flexibility index (Phi) is 8.38. The molecule has 0 aliphatic rings. The van der Waals surface area contributed by atoms with Crippen LogP contribution in [0.2, 0.25) is 0 Å². The minimum absolute atomic E-state index is 0.159. The summed E-state index contributed by atoms with van der Waals surface area (Å²) in [5, 5.41) is 5.68. The molecule has 0 saturated carbocycles. The van der Waals surface area contributed by atoms with E-state index in [1.807, 2.05) is 6.92 Å². The van der Waals surface area contributed by atoms with E-state index in [1.54, 1.807) is 24.3 Å². The first-order valence-electron chi connectivity index (χ1n) is 8.64. The fourth-order valence-corrected chi connectivity index (χ4v) is 2.42. The number of benzene rings is 2. The van der Waals surface area contributed by atoms with Gasteiger partial charge in [0.25, 0.3) is 5.91 Å². The van der Waals surface area contributed by atoms with Crippen LogP contribution in [0.5, 0.6) is 5.75 Å². The van der Waals surface area contributed by atoms with Crippen LogP contribution in [0.4, 0.5) is 5.69 Å². The van der Waals surface area contributed by atoms with Gasteiger partial charge < -0.3 is 19.5 Å². The lowest BCUT2D eigenvalue weighted by Crippen LogP contribution is -2.34. The monoisotopic (exact) mass is 402 g/mol. The van der Waals surface area contributed by atoms with Crippen LogP contribution in [0, 0.1) is 0 Å². The number of esters is 1.